The average molecular weight is 829 g/mol. The van der Waals surface area contributed by atoms with Crippen molar-refractivity contribution in [2.45, 2.75) is 68.2 Å². The van der Waals surface area contributed by atoms with Gasteiger partial charge < -0.3 is 60.1 Å². The van der Waals surface area contributed by atoms with Crippen LogP contribution in [0.15, 0.2) is 0 Å². The van der Waals surface area contributed by atoms with Gasteiger partial charge in [-0.15, -0.1) is 0 Å². The van der Waals surface area contributed by atoms with Crippen LogP contribution in [0.4, 0.5) is 0 Å². The number of hydrogen-bond acceptors (Lipinski definition) is 11. The molecule has 0 aromatic carbocycles. The van der Waals surface area contributed by atoms with Crippen molar-refractivity contribution < 1.29 is 97.5 Å². The van der Waals surface area contributed by atoms with Crippen LogP contribution in [-0.2, 0) is 108 Å². The van der Waals surface area contributed by atoms with E-state index in [4.69, 9.17) is 55.1 Å². The van der Waals surface area contributed by atoms with E-state index in [1.165, 1.54) is 4.31 Å². The van der Waals surface area contributed by atoms with E-state index in [1.807, 2.05) is 21.0 Å². The van der Waals surface area contributed by atoms with Gasteiger partial charge in [0.05, 0.1) is 18.8 Å². The maximum atomic E-state index is 10.7. The number of methoxy groups -OCH3 is 1. The van der Waals surface area contributed by atoms with Gasteiger partial charge in [-0.05, 0) is 51.2 Å². The molecule has 46 heavy (non-hydrogen) atoms. The molecule has 0 aromatic rings. The van der Waals surface area contributed by atoms with Gasteiger partial charge >= 0.3 is 0 Å². The minimum absolute atomic E-state index is 0. The van der Waals surface area contributed by atoms with E-state index in [0.717, 1.165) is 52.1 Å². The Labute approximate surface area is 338 Å². The van der Waals surface area contributed by atoms with E-state index in [-0.39, 0.29) is 114 Å². The molecule has 4 saturated heterocycles. The first-order valence-electron chi connectivity index (χ1n) is 15.0. The molecule has 10 radical (unpaired) electrons. The van der Waals surface area contributed by atoms with Gasteiger partial charge in [-0.3, -0.25) is 4.67 Å². The van der Waals surface area contributed by atoms with Crippen LogP contribution in [0.2, 0.25) is 0 Å². The van der Waals surface area contributed by atoms with Gasteiger partial charge in [0.2, 0.25) is 0 Å². The summed E-state index contributed by atoms with van der Waals surface area (Å²) in [6, 6.07) is -0.962. The molecular weight excluding hydrogens is 776 g/mol. The van der Waals surface area contributed by atoms with Gasteiger partial charge in [0, 0.05) is 136 Å². The largest absolute Gasteiger partial charge is 0.414 e. The monoisotopic (exact) mass is 829 g/mol. The molecule has 4 rings (SSSR count). The number of rotatable bonds is 6. The van der Waals surface area contributed by atoms with Crippen molar-refractivity contribution in [2.24, 2.45) is 0 Å². The number of morpholine rings is 4. The minimum Gasteiger partial charge on any atom is -0.414 e. The molecule has 4 aliphatic heterocycles. The van der Waals surface area contributed by atoms with Gasteiger partial charge in [-0.1, -0.05) is 39.5 Å². The maximum Gasteiger partial charge on any atom is 0.110 e. The molecule has 0 aliphatic carbocycles. The Balaban J connectivity index is 0. The molecule has 9 unspecified atom stereocenters. The quantitative estimate of drug-likeness (QED) is 0.151. The molecule has 0 N–H and O–H groups in total. The van der Waals surface area contributed by atoms with E-state index in [9.17, 15) is 8.42 Å². The third-order valence-corrected chi connectivity index (χ3v) is 8.98. The van der Waals surface area contributed by atoms with Gasteiger partial charge in [-0.25, -0.2) is 0 Å². The zero-order chi connectivity index (χ0) is 33.4. The van der Waals surface area contributed by atoms with E-state index in [2.05, 4.69) is 41.3 Å². The van der Waals surface area contributed by atoms with Gasteiger partial charge in [0.15, 0.2) is 0 Å². The smallest absolute Gasteiger partial charge is 0.110 e. The van der Waals surface area contributed by atoms with Crippen LogP contribution in [0.5, 0.6) is 0 Å². The summed E-state index contributed by atoms with van der Waals surface area (Å²) in [5, 5.41) is 0. The van der Waals surface area contributed by atoms with Crippen molar-refractivity contribution in [3.8, 4) is 0 Å². The van der Waals surface area contributed by atoms with Crippen LogP contribution in [-0.4, -0.2) is 192 Å². The Hall–Kier alpha value is 2.36. The van der Waals surface area contributed by atoms with E-state index >= 15 is 0 Å². The van der Waals surface area contributed by atoms with Crippen LogP contribution in [0.25, 0.3) is 0 Å². The first-order valence-corrected chi connectivity index (χ1v) is 18.2. The Morgan fingerprint density at radius 1 is 0.783 bits per heavy atom. The number of nitrogens with zero attached hydrogens (tertiary/aromatic N) is 4. The Morgan fingerprint density at radius 3 is 1.63 bits per heavy atom. The van der Waals surface area contributed by atoms with Gasteiger partial charge in [0.25, 0.3) is 0 Å². The molecule has 4 aliphatic rings. The van der Waals surface area contributed by atoms with Crippen LogP contribution < -0.4 is 0 Å². The minimum atomic E-state index is -2.17. The second-order valence-electron chi connectivity index (χ2n) is 11.6. The van der Waals surface area contributed by atoms with E-state index in [1.54, 1.807) is 7.11 Å². The Bertz CT molecular complexity index is 820. The third-order valence-electron chi connectivity index (χ3n) is 6.81. The van der Waals surface area contributed by atoms with Crippen molar-refractivity contribution in [3.05, 3.63) is 13.8 Å². The van der Waals surface area contributed by atoms with Gasteiger partial charge in [-0.2, -0.15) is 0 Å². The van der Waals surface area contributed by atoms with Gasteiger partial charge in [0.1, 0.15) is 31.4 Å². The molecule has 19 heteroatoms. The molecule has 9 atom stereocenters. The molecule has 0 aromatic heterocycles. The summed E-state index contributed by atoms with van der Waals surface area (Å²) in [5.74, 6) is 0. The summed E-state index contributed by atoms with van der Waals surface area (Å²) in [7, 11) is 25.2. The molecule has 4 heterocycles. The van der Waals surface area contributed by atoms with Crippen molar-refractivity contribution >= 4 is 56.3 Å². The van der Waals surface area contributed by atoms with Crippen LogP contribution >= 0.6 is 7.70 Å². The summed E-state index contributed by atoms with van der Waals surface area (Å²) < 4.78 is 51.2. The summed E-state index contributed by atoms with van der Waals surface area (Å²) in [5.41, 5.74) is 0. The second kappa shape index (κ2) is 27.9. The molecule has 11 nitrogen and oxygen atoms in total. The fraction of sp³-hybridized carbons (Fsp3) is 0.889. The van der Waals surface area contributed by atoms with Crippen LogP contribution in [0.3, 0.4) is 0 Å². The SMILES string of the molecule is [B]C1CN(C)CC([CH2-])O1.[B]C1CN(C)CC([CH2-])O1.[B]C1CN([PH](=C)C)CC(COC)O1.[B]C1CN([S-](=O)=O)CC(CCC)O1.[Y].[Y]. The van der Waals surface area contributed by atoms with Crippen LogP contribution in [0, 0.1) is 13.8 Å². The number of hydrogen-bond donors (Lipinski definition) is 0. The summed E-state index contributed by atoms with van der Waals surface area (Å²) in [6.45, 7) is 18.1. The van der Waals surface area contributed by atoms with Crippen molar-refractivity contribution in [1.29, 1.82) is 0 Å². The molecule has 0 amide bonds. The summed E-state index contributed by atoms with van der Waals surface area (Å²) in [6.07, 6.45) is 6.02. The fourth-order valence-corrected chi connectivity index (χ4v) is 6.59. The fourth-order valence-electron chi connectivity index (χ4n) is 5.02. The molecule has 0 spiro atoms. The first-order chi connectivity index (χ1) is 20.6. The predicted octanol–water partition coefficient (Wildman–Crippen LogP) is -0.488. The second-order valence-corrected chi connectivity index (χ2v) is 14.6. The molecule has 0 saturated carbocycles. The van der Waals surface area contributed by atoms with Crippen molar-refractivity contribution in [3.63, 3.8) is 0 Å². The third kappa shape index (κ3) is 23.0. The molecular formula is C27H52B4N4O7PSY2-3. The standard InChI is InChI=1S/C8H17BNO2P.C7H13BNO3S.2C6H11BNO.2Y/c1-11-6-7-4-10(13(2)3)5-8(9)12-7;1-2-3-6-4-9(13(10)11)5-7(8)12-6;2*1-5-3-8(2)4-6(7)9-5;;/h7-8,13H,2,4-6H2,1,3H3;6-7H,2-5H2,1H3;2*5-6H,1,3-4H2,2H3;;/q;3*-1;;. The topological polar surface area (TPSA) is 93.3 Å². The summed E-state index contributed by atoms with van der Waals surface area (Å²) in [4.78, 5) is 4.23. The predicted molar refractivity (Wildman–Crippen MR) is 183 cm³/mol. The van der Waals surface area contributed by atoms with E-state index < -0.39 is 24.6 Å². The first kappa shape index (κ1) is 50.5. The molecule has 254 valence electrons. The normalized spacial score (nSPS) is 33.3. The average Bonchev–Trinajstić information content (AvgIpc) is 2.88. The maximum absolute atomic E-state index is 10.7. The summed E-state index contributed by atoms with van der Waals surface area (Å²) >= 11 is 0. The zero-order valence-electron chi connectivity index (χ0n) is 28.5. The Morgan fingerprint density at radius 2 is 1.24 bits per heavy atom. The zero-order valence-corrected chi connectivity index (χ0v) is 36.0. The van der Waals surface area contributed by atoms with E-state index in [0.29, 0.717) is 13.2 Å². The van der Waals surface area contributed by atoms with Crippen molar-refractivity contribution in [1.82, 2.24) is 18.8 Å². The molecule has 4 fully saturated rings. The Kier molecular flexibility index (Phi) is 30.6. The number of likely N-dealkylation sites (N-methyl/N-ethyl adjacent to an activating group) is 2. The molecule has 0 bridgehead atoms. The number of ether oxygens (including phenoxy) is 5. The van der Waals surface area contributed by atoms with Crippen molar-refractivity contribution in [2.75, 3.05) is 86.8 Å². The van der Waals surface area contributed by atoms with Crippen LogP contribution in [0.1, 0.15) is 19.8 Å².